The highest BCUT2D eigenvalue weighted by atomic mass is 35.5. The van der Waals surface area contributed by atoms with Gasteiger partial charge in [0.2, 0.25) is 5.89 Å². The molecule has 0 spiro atoms. The Hall–Kier alpha value is -1.63. The monoisotopic (exact) mass is 437 g/mol. The Kier molecular flexibility index (Phi) is 6.32. The summed E-state index contributed by atoms with van der Waals surface area (Å²) in [5.74, 6) is -0.347. The van der Waals surface area contributed by atoms with Crippen molar-refractivity contribution in [1.82, 2.24) is 14.3 Å². The van der Waals surface area contributed by atoms with Crippen LogP contribution in [-0.2, 0) is 11.4 Å². The van der Waals surface area contributed by atoms with Crippen LogP contribution in [0.2, 0.25) is 5.02 Å². The molecule has 3 atom stereocenters. The first kappa shape index (κ1) is 21.1. The molecule has 0 amide bonds. The molecule has 2 unspecified atom stereocenters. The van der Waals surface area contributed by atoms with Gasteiger partial charge in [0.15, 0.2) is 0 Å². The third-order valence-corrected chi connectivity index (χ3v) is 6.16. The quantitative estimate of drug-likeness (QED) is 0.483. The molecule has 0 saturated carbocycles. The molecule has 1 N–H and O–H groups in total. The van der Waals surface area contributed by atoms with Crippen molar-refractivity contribution in [2.45, 2.75) is 31.6 Å². The molecule has 148 valence electrons. The highest BCUT2D eigenvalue weighted by molar-refractivity contribution is 7.90. The van der Waals surface area contributed by atoms with E-state index < -0.39 is 21.9 Å². The zero-order valence-corrected chi connectivity index (χ0v) is 18.4. The topological polar surface area (TPSA) is 83.1 Å². The highest BCUT2D eigenvalue weighted by Crippen LogP contribution is 2.29. The molecule has 6 nitrogen and oxygen atoms in total. The van der Waals surface area contributed by atoms with Crippen LogP contribution in [-0.4, -0.2) is 18.9 Å². The van der Waals surface area contributed by atoms with E-state index in [9.17, 15) is 9.35 Å². The van der Waals surface area contributed by atoms with Crippen molar-refractivity contribution in [2.75, 3.05) is 0 Å². The molecule has 0 aliphatic heterocycles. The van der Waals surface area contributed by atoms with Crippen LogP contribution in [0.25, 0.3) is 11.5 Å². The summed E-state index contributed by atoms with van der Waals surface area (Å²) in [5.41, 5.74) is 2.42. The molecule has 2 aromatic carbocycles. The number of hydrogen-bond donors (Lipinski definition) is 1. The molecule has 3 aromatic rings. The summed E-state index contributed by atoms with van der Waals surface area (Å²) >= 11 is 4.72. The van der Waals surface area contributed by atoms with E-state index in [-0.39, 0.29) is 11.9 Å². The normalized spacial score (nSPS) is 14.1. The van der Waals surface area contributed by atoms with Gasteiger partial charge in [-0.3, -0.25) is 0 Å². The molecule has 0 bridgehead atoms. The van der Waals surface area contributed by atoms with Crippen LogP contribution in [0.1, 0.15) is 37.9 Å². The van der Waals surface area contributed by atoms with E-state index in [0.29, 0.717) is 10.6 Å². The maximum absolute atomic E-state index is 12.8. The lowest BCUT2D eigenvalue weighted by Crippen LogP contribution is -2.41. The smallest absolute Gasteiger partial charge is 0.440 e. The maximum atomic E-state index is 12.8. The molecular formula is C19H21ClN3O3PS. The van der Waals surface area contributed by atoms with Crippen molar-refractivity contribution in [2.24, 2.45) is 0 Å². The summed E-state index contributed by atoms with van der Waals surface area (Å²) in [6.07, 6.45) is 0. The molecule has 0 radical (unpaired) electrons. The van der Waals surface area contributed by atoms with Crippen molar-refractivity contribution in [3.63, 3.8) is 0 Å². The minimum Gasteiger partial charge on any atom is -0.598 e. The van der Waals surface area contributed by atoms with Crippen LogP contribution < -0.4 is 10.5 Å². The average Bonchev–Trinajstić information content (AvgIpc) is 2.98. The summed E-state index contributed by atoms with van der Waals surface area (Å²) in [5, 5.41) is 4.69. The van der Waals surface area contributed by atoms with Gasteiger partial charge in [0, 0.05) is 21.9 Å². The molecule has 1 heterocycles. The van der Waals surface area contributed by atoms with Crippen LogP contribution in [0, 0.1) is 0 Å². The Morgan fingerprint density at radius 2 is 1.89 bits per heavy atom. The third-order valence-electron chi connectivity index (χ3n) is 4.02. The van der Waals surface area contributed by atoms with Gasteiger partial charge in [-0.2, -0.15) is 4.45 Å². The second-order valence-corrected chi connectivity index (χ2v) is 10.2. The van der Waals surface area contributed by atoms with Gasteiger partial charge in [-0.1, -0.05) is 35.9 Å². The van der Waals surface area contributed by atoms with Gasteiger partial charge in [0.25, 0.3) is 0 Å². The summed E-state index contributed by atoms with van der Waals surface area (Å²) in [4.78, 5) is 11.6. The number of nitrogens with zero attached hydrogens (tertiary/aromatic N) is 2. The predicted molar refractivity (Wildman–Crippen MR) is 116 cm³/mol. The second-order valence-electron chi connectivity index (χ2n) is 7.23. The van der Waals surface area contributed by atoms with E-state index in [1.807, 2.05) is 51.1 Å². The van der Waals surface area contributed by atoms with E-state index in [4.69, 9.17) is 16.0 Å². The standard InChI is InChI=1S/C19H21ClN3O3PS/c1-19(2,3)28(25)22-16(12-7-9-15(20)10-8-12)13-5-4-6-14(11-13)17-21-23(27)18(24)26-17/h4-11,16,22H,27H2,1-3H3/t16-,28?/m0/s1. The van der Waals surface area contributed by atoms with Crippen LogP contribution in [0.15, 0.2) is 57.7 Å². The second kappa shape index (κ2) is 8.39. The zero-order valence-electron chi connectivity index (χ0n) is 15.7. The van der Waals surface area contributed by atoms with Crippen LogP contribution >= 0.6 is 21.0 Å². The van der Waals surface area contributed by atoms with Gasteiger partial charge in [-0.05, 0) is 65.6 Å². The molecular weight excluding hydrogens is 417 g/mol. The predicted octanol–water partition coefficient (Wildman–Crippen LogP) is 3.94. The fraction of sp³-hybridized carbons (Fsp3) is 0.263. The van der Waals surface area contributed by atoms with Crippen molar-refractivity contribution >= 4 is 32.4 Å². The molecule has 3 rings (SSSR count). The SMILES string of the molecule is CC(C)(C)[S+]([O-])N[C@@H](c1ccc(Cl)cc1)c1cccc(-c2nn(P)c(=O)o2)c1. The first-order valence-electron chi connectivity index (χ1n) is 8.54. The number of aromatic nitrogens is 2. The number of benzene rings is 2. The van der Waals surface area contributed by atoms with E-state index in [1.165, 1.54) is 0 Å². The lowest BCUT2D eigenvalue weighted by Gasteiger charge is -2.28. The van der Waals surface area contributed by atoms with E-state index >= 15 is 0 Å². The molecule has 0 fully saturated rings. The average molecular weight is 438 g/mol. The van der Waals surface area contributed by atoms with Crippen molar-refractivity contribution in [3.8, 4) is 11.5 Å². The fourth-order valence-electron chi connectivity index (χ4n) is 2.52. The minimum absolute atomic E-state index is 0.216. The summed E-state index contributed by atoms with van der Waals surface area (Å²) in [6, 6.07) is 14.5. The Labute approximate surface area is 173 Å². The molecule has 0 aliphatic carbocycles. The number of halogens is 1. The first-order valence-corrected chi connectivity index (χ1v) is 10.6. The van der Waals surface area contributed by atoms with Gasteiger partial charge in [-0.15, -0.1) is 9.82 Å². The van der Waals surface area contributed by atoms with Gasteiger partial charge < -0.3 is 8.97 Å². The maximum Gasteiger partial charge on any atom is 0.440 e. The lowest BCUT2D eigenvalue weighted by molar-refractivity contribution is 0.523. The van der Waals surface area contributed by atoms with Gasteiger partial charge >= 0.3 is 5.76 Å². The van der Waals surface area contributed by atoms with Gasteiger partial charge in [0.05, 0.1) is 0 Å². The summed E-state index contributed by atoms with van der Waals surface area (Å²) in [7, 11) is 2.18. The van der Waals surface area contributed by atoms with Crippen LogP contribution in [0.4, 0.5) is 0 Å². The Morgan fingerprint density at radius 3 is 2.46 bits per heavy atom. The fourth-order valence-corrected chi connectivity index (χ4v) is 3.65. The Morgan fingerprint density at radius 1 is 1.21 bits per heavy atom. The van der Waals surface area contributed by atoms with Crippen molar-refractivity contribution in [1.29, 1.82) is 0 Å². The summed E-state index contributed by atoms with van der Waals surface area (Å²) in [6.45, 7) is 5.73. The number of rotatable bonds is 5. The van der Waals surface area contributed by atoms with Crippen molar-refractivity contribution in [3.05, 3.63) is 75.2 Å². The van der Waals surface area contributed by atoms with Crippen LogP contribution in [0.5, 0.6) is 0 Å². The van der Waals surface area contributed by atoms with Crippen molar-refractivity contribution < 1.29 is 8.97 Å². The van der Waals surface area contributed by atoms with Gasteiger partial charge in [0.1, 0.15) is 10.8 Å². The van der Waals surface area contributed by atoms with Crippen LogP contribution in [0.3, 0.4) is 0 Å². The zero-order chi connectivity index (χ0) is 20.5. The first-order chi connectivity index (χ1) is 13.1. The number of hydrogen-bond acceptors (Lipinski definition) is 5. The molecule has 9 heteroatoms. The molecule has 0 saturated heterocycles. The third kappa shape index (κ3) is 4.85. The minimum atomic E-state index is -1.30. The highest BCUT2D eigenvalue weighted by Gasteiger charge is 2.30. The largest absolute Gasteiger partial charge is 0.598 e. The Balaban J connectivity index is 2.03. The lowest BCUT2D eigenvalue weighted by atomic mass is 9.98. The molecule has 28 heavy (non-hydrogen) atoms. The summed E-state index contributed by atoms with van der Waals surface area (Å²) < 4.78 is 21.8. The number of nitrogens with one attached hydrogen (secondary N) is 1. The van der Waals surface area contributed by atoms with E-state index in [1.54, 1.807) is 18.2 Å². The van der Waals surface area contributed by atoms with E-state index in [2.05, 4.69) is 19.2 Å². The van der Waals surface area contributed by atoms with E-state index in [0.717, 1.165) is 15.6 Å². The Bertz CT molecular complexity index is 1010. The molecule has 1 aromatic heterocycles. The molecule has 0 aliphatic rings. The van der Waals surface area contributed by atoms with Gasteiger partial charge in [-0.25, -0.2) is 4.79 Å².